The summed E-state index contributed by atoms with van der Waals surface area (Å²) in [6.45, 7) is 2.37. The van der Waals surface area contributed by atoms with E-state index >= 15 is 0 Å². The van der Waals surface area contributed by atoms with Crippen molar-refractivity contribution in [2.24, 2.45) is 5.92 Å². The third-order valence-corrected chi connectivity index (χ3v) is 3.20. The van der Waals surface area contributed by atoms with Gasteiger partial charge in [-0.2, -0.15) is 0 Å². The molecule has 0 saturated heterocycles. The highest BCUT2D eigenvalue weighted by atomic mass is 16.5. The minimum atomic E-state index is -0.528. The van der Waals surface area contributed by atoms with Crippen LogP contribution in [0, 0.1) is 5.92 Å². The van der Waals surface area contributed by atoms with Crippen LogP contribution in [0.5, 0.6) is 0 Å². The number of aldehydes is 1. The van der Waals surface area contributed by atoms with Crippen molar-refractivity contribution in [2.45, 2.75) is 32.2 Å². The molecule has 1 N–H and O–H groups in total. The summed E-state index contributed by atoms with van der Waals surface area (Å²) in [6, 6.07) is -0.528. The van der Waals surface area contributed by atoms with Gasteiger partial charge in [-0.1, -0.05) is 31.9 Å². The molecular weight excluding hydrogens is 248 g/mol. The van der Waals surface area contributed by atoms with Gasteiger partial charge in [-0.05, 0) is 6.42 Å². The van der Waals surface area contributed by atoms with E-state index in [0.717, 1.165) is 12.8 Å². The number of hydroxylamine groups is 2. The molecule has 19 heavy (non-hydrogen) atoms. The van der Waals surface area contributed by atoms with Crippen molar-refractivity contribution in [3.8, 4) is 0 Å². The van der Waals surface area contributed by atoms with Crippen LogP contribution >= 0.6 is 0 Å². The smallest absolute Gasteiger partial charge is 0.233 e. The monoisotopic (exact) mass is 268 g/mol. The molecule has 2 amide bonds. The Morgan fingerprint density at radius 3 is 2.89 bits per heavy atom. The number of unbranched alkanes of at least 4 members (excludes halogenated alkanes) is 1. The minimum Gasteiger partial charge on any atom is -0.325 e. The third kappa shape index (κ3) is 4.17. The van der Waals surface area contributed by atoms with Crippen LogP contribution in [0.25, 0.3) is 0 Å². The summed E-state index contributed by atoms with van der Waals surface area (Å²) in [6.07, 6.45) is 6.78. The Labute approximate surface area is 112 Å². The first-order valence-corrected chi connectivity index (χ1v) is 6.47. The molecule has 1 aliphatic heterocycles. The number of nitrogens with zero attached hydrogens (tertiary/aromatic N) is 2. The van der Waals surface area contributed by atoms with Crippen LogP contribution in [0.15, 0.2) is 12.2 Å². The Hall–Kier alpha value is -1.69. The van der Waals surface area contributed by atoms with Gasteiger partial charge in [0, 0.05) is 6.54 Å². The molecule has 0 spiro atoms. The van der Waals surface area contributed by atoms with E-state index in [0.29, 0.717) is 24.3 Å². The molecule has 6 heteroatoms. The van der Waals surface area contributed by atoms with Gasteiger partial charge in [0.2, 0.25) is 12.3 Å². The van der Waals surface area contributed by atoms with Crippen LogP contribution in [-0.4, -0.2) is 52.9 Å². The van der Waals surface area contributed by atoms with E-state index in [9.17, 15) is 19.6 Å². The van der Waals surface area contributed by atoms with Gasteiger partial charge in [-0.25, -0.2) is 5.06 Å². The molecular formula is C13H20N2O4. The quantitative estimate of drug-likeness (QED) is 0.303. The largest absolute Gasteiger partial charge is 0.325 e. The highest BCUT2D eigenvalue weighted by molar-refractivity contribution is 5.84. The summed E-state index contributed by atoms with van der Waals surface area (Å²) < 4.78 is 0. The zero-order valence-electron chi connectivity index (χ0n) is 11.1. The normalized spacial score (nSPS) is 19.3. The molecule has 0 saturated carbocycles. The summed E-state index contributed by atoms with van der Waals surface area (Å²) in [5, 5.41) is 9.74. The molecule has 106 valence electrons. The van der Waals surface area contributed by atoms with Gasteiger partial charge in [-0.3, -0.25) is 14.8 Å². The van der Waals surface area contributed by atoms with Gasteiger partial charge in [0.1, 0.15) is 12.3 Å². The minimum absolute atomic E-state index is 0.0373. The first-order valence-electron chi connectivity index (χ1n) is 6.47. The molecule has 1 heterocycles. The molecule has 0 radical (unpaired) electrons. The SMILES string of the molecule is CCCC[C@H](CN(O)C=O)C(=O)N1CC=C[C@H]1C=O. The Morgan fingerprint density at radius 1 is 1.58 bits per heavy atom. The highest BCUT2D eigenvalue weighted by Crippen LogP contribution is 2.17. The van der Waals surface area contributed by atoms with Gasteiger partial charge >= 0.3 is 0 Å². The maximum atomic E-state index is 12.3. The second-order valence-electron chi connectivity index (χ2n) is 4.61. The van der Waals surface area contributed by atoms with Crippen molar-refractivity contribution in [1.29, 1.82) is 0 Å². The number of hydrogen-bond acceptors (Lipinski definition) is 4. The number of hydrogen-bond donors (Lipinski definition) is 1. The fourth-order valence-electron chi connectivity index (χ4n) is 2.14. The molecule has 6 nitrogen and oxygen atoms in total. The van der Waals surface area contributed by atoms with E-state index in [-0.39, 0.29) is 18.9 Å². The van der Waals surface area contributed by atoms with E-state index in [2.05, 4.69) is 0 Å². The Balaban J connectivity index is 2.69. The average Bonchev–Trinajstić information content (AvgIpc) is 2.90. The van der Waals surface area contributed by atoms with E-state index in [4.69, 9.17) is 0 Å². The Kier molecular flexibility index (Phi) is 6.21. The number of carbonyl (C=O) groups is 3. The Bertz CT molecular complexity index is 357. The lowest BCUT2D eigenvalue weighted by Gasteiger charge is -2.27. The predicted octanol–water partition coefficient (Wildman–Crippen LogP) is 0.606. The zero-order chi connectivity index (χ0) is 14.3. The lowest BCUT2D eigenvalue weighted by atomic mass is 10.00. The average molecular weight is 268 g/mol. The van der Waals surface area contributed by atoms with Gasteiger partial charge in [0.25, 0.3) is 0 Å². The predicted molar refractivity (Wildman–Crippen MR) is 68.3 cm³/mol. The molecule has 0 unspecified atom stereocenters. The number of carbonyl (C=O) groups excluding carboxylic acids is 3. The second kappa shape index (κ2) is 7.68. The lowest BCUT2D eigenvalue weighted by Crippen LogP contribution is -2.44. The lowest BCUT2D eigenvalue weighted by molar-refractivity contribution is -0.157. The zero-order valence-corrected chi connectivity index (χ0v) is 11.1. The maximum Gasteiger partial charge on any atom is 0.233 e. The molecule has 0 aromatic carbocycles. The van der Waals surface area contributed by atoms with Crippen LogP contribution < -0.4 is 0 Å². The molecule has 0 aromatic heterocycles. The van der Waals surface area contributed by atoms with Crippen molar-refractivity contribution in [1.82, 2.24) is 9.96 Å². The molecule has 0 bridgehead atoms. The highest BCUT2D eigenvalue weighted by Gasteiger charge is 2.30. The van der Waals surface area contributed by atoms with E-state index in [1.165, 1.54) is 4.90 Å². The van der Waals surface area contributed by atoms with E-state index < -0.39 is 12.0 Å². The summed E-state index contributed by atoms with van der Waals surface area (Å²) in [4.78, 5) is 35.1. The summed E-state index contributed by atoms with van der Waals surface area (Å²) >= 11 is 0. The van der Waals surface area contributed by atoms with Crippen molar-refractivity contribution in [3.63, 3.8) is 0 Å². The number of rotatable bonds is 8. The fraction of sp³-hybridized carbons (Fsp3) is 0.615. The second-order valence-corrected chi connectivity index (χ2v) is 4.61. The number of amides is 2. The van der Waals surface area contributed by atoms with Crippen molar-refractivity contribution >= 4 is 18.6 Å². The molecule has 0 aromatic rings. The fourth-order valence-corrected chi connectivity index (χ4v) is 2.14. The molecule has 0 fully saturated rings. The van der Waals surface area contributed by atoms with Crippen molar-refractivity contribution in [3.05, 3.63) is 12.2 Å². The molecule has 1 aliphatic rings. The summed E-state index contributed by atoms with van der Waals surface area (Å²) in [7, 11) is 0. The van der Waals surface area contributed by atoms with Crippen LogP contribution in [0.3, 0.4) is 0 Å². The molecule has 1 rings (SSSR count). The molecule has 0 aliphatic carbocycles. The third-order valence-electron chi connectivity index (χ3n) is 3.20. The summed E-state index contributed by atoms with van der Waals surface area (Å²) in [5.41, 5.74) is 0. The van der Waals surface area contributed by atoms with E-state index in [1.807, 2.05) is 6.92 Å². The topological polar surface area (TPSA) is 77.9 Å². The van der Waals surface area contributed by atoms with Gasteiger partial charge < -0.3 is 9.69 Å². The van der Waals surface area contributed by atoms with Crippen molar-refractivity contribution in [2.75, 3.05) is 13.1 Å². The first-order chi connectivity index (χ1) is 9.13. The van der Waals surface area contributed by atoms with E-state index in [1.54, 1.807) is 12.2 Å². The van der Waals surface area contributed by atoms with Crippen LogP contribution in [-0.2, 0) is 14.4 Å². The van der Waals surface area contributed by atoms with Crippen LogP contribution in [0.2, 0.25) is 0 Å². The van der Waals surface area contributed by atoms with Gasteiger partial charge in [0.15, 0.2) is 0 Å². The standard InChI is InChI=1S/C13H20N2O4/c1-2-3-5-11(8-14(19)10-17)13(18)15-7-4-6-12(15)9-16/h4,6,9-12,19H,2-3,5,7-8H2,1H3/t11-,12+/m1/s1. The molecule has 2 atom stereocenters. The first kappa shape index (κ1) is 15.4. The maximum absolute atomic E-state index is 12.3. The van der Waals surface area contributed by atoms with Crippen LogP contribution in [0.4, 0.5) is 0 Å². The Morgan fingerprint density at radius 2 is 2.32 bits per heavy atom. The van der Waals surface area contributed by atoms with Crippen molar-refractivity contribution < 1.29 is 19.6 Å². The summed E-state index contributed by atoms with van der Waals surface area (Å²) in [5.74, 6) is -0.672. The van der Waals surface area contributed by atoms with Gasteiger partial charge in [-0.15, -0.1) is 0 Å². The van der Waals surface area contributed by atoms with Crippen LogP contribution in [0.1, 0.15) is 26.2 Å². The van der Waals surface area contributed by atoms with Gasteiger partial charge in [0.05, 0.1) is 12.5 Å².